The van der Waals surface area contributed by atoms with Crippen LogP contribution in [-0.2, 0) is 22.6 Å². The molecular weight excluding hydrogens is 236 g/mol. The molecule has 1 N–H and O–H groups in total. The average molecular weight is 258 g/mol. The third kappa shape index (κ3) is 4.71. The van der Waals surface area contributed by atoms with Crippen molar-refractivity contribution in [2.75, 3.05) is 27.4 Å². The lowest BCUT2D eigenvalue weighted by Gasteiger charge is -2.03. The molecule has 17 heavy (non-hydrogen) atoms. The Bertz CT molecular complexity index is 326. The van der Waals surface area contributed by atoms with E-state index in [2.05, 4.69) is 24.1 Å². The third-order valence-corrected chi connectivity index (χ3v) is 3.74. The topological polar surface area (TPSA) is 43.4 Å². The zero-order valence-electron chi connectivity index (χ0n) is 11.1. The smallest absolute Gasteiger partial charge is 0.0958 e. The summed E-state index contributed by atoms with van der Waals surface area (Å²) in [6, 6.07) is 0. The minimum absolute atomic E-state index is 0.475. The van der Waals surface area contributed by atoms with Crippen molar-refractivity contribution in [2.45, 2.75) is 32.9 Å². The number of ether oxygens (including phenoxy) is 2. The Morgan fingerprint density at radius 1 is 1.29 bits per heavy atom. The van der Waals surface area contributed by atoms with E-state index in [1.807, 2.05) is 0 Å². The zero-order valence-corrected chi connectivity index (χ0v) is 11.9. The maximum absolute atomic E-state index is 5.18. The summed E-state index contributed by atoms with van der Waals surface area (Å²) in [5, 5.41) is 4.52. The highest BCUT2D eigenvalue weighted by Gasteiger charge is 2.12. The van der Waals surface area contributed by atoms with Crippen LogP contribution in [-0.4, -0.2) is 32.4 Å². The predicted molar refractivity (Wildman–Crippen MR) is 70.5 cm³/mol. The van der Waals surface area contributed by atoms with Crippen LogP contribution in [0.3, 0.4) is 0 Å². The van der Waals surface area contributed by atoms with Crippen LogP contribution in [0.25, 0.3) is 0 Å². The third-order valence-electron chi connectivity index (χ3n) is 2.34. The Morgan fingerprint density at radius 2 is 2.06 bits per heavy atom. The Labute approximate surface area is 107 Å². The van der Waals surface area contributed by atoms with Crippen LogP contribution in [0.2, 0.25) is 0 Å². The zero-order chi connectivity index (χ0) is 12.7. The van der Waals surface area contributed by atoms with E-state index in [9.17, 15) is 0 Å². The summed E-state index contributed by atoms with van der Waals surface area (Å²) in [7, 11) is 3.41. The number of nitrogens with zero attached hydrogens (tertiary/aromatic N) is 1. The number of nitrogens with one attached hydrogen (secondary N) is 1. The highest BCUT2D eigenvalue weighted by Crippen LogP contribution is 2.25. The van der Waals surface area contributed by atoms with Gasteiger partial charge in [0.15, 0.2) is 0 Å². The largest absolute Gasteiger partial charge is 0.383 e. The lowest BCUT2D eigenvalue weighted by Crippen LogP contribution is -2.18. The van der Waals surface area contributed by atoms with Gasteiger partial charge in [0, 0.05) is 38.1 Å². The van der Waals surface area contributed by atoms with Crippen molar-refractivity contribution in [3.63, 3.8) is 0 Å². The van der Waals surface area contributed by atoms with Crippen molar-refractivity contribution < 1.29 is 9.47 Å². The van der Waals surface area contributed by atoms with Crippen LogP contribution in [0.5, 0.6) is 0 Å². The lowest BCUT2D eigenvalue weighted by atomic mass is 10.2. The number of aromatic nitrogens is 1. The first-order valence-electron chi connectivity index (χ1n) is 5.86. The Kier molecular flexibility index (Phi) is 6.65. The summed E-state index contributed by atoms with van der Waals surface area (Å²) >= 11 is 1.77. The minimum Gasteiger partial charge on any atom is -0.383 e. The van der Waals surface area contributed by atoms with Gasteiger partial charge in [-0.3, -0.25) is 0 Å². The molecule has 1 rings (SSSR count). The van der Waals surface area contributed by atoms with E-state index < -0.39 is 0 Å². The van der Waals surface area contributed by atoms with E-state index in [-0.39, 0.29) is 0 Å². The molecule has 0 spiro atoms. The molecule has 0 radical (unpaired) electrons. The first kappa shape index (κ1) is 14.6. The summed E-state index contributed by atoms with van der Waals surface area (Å²) in [5.41, 5.74) is 1.06. The van der Waals surface area contributed by atoms with Gasteiger partial charge in [-0.25, -0.2) is 4.98 Å². The molecule has 1 aromatic rings. The van der Waals surface area contributed by atoms with Gasteiger partial charge in [0.1, 0.15) is 0 Å². The fraction of sp³-hybridized carbons (Fsp3) is 0.750. The Hall–Kier alpha value is -0.490. The Morgan fingerprint density at radius 3 is 2.65 bits per heavy atom. The number of rotatable bonds is 8. The van der Waals surface area contributed by atoms with Crippen molar-refractivity contribution in [3.8, 4) is 0 Å². The van der Waals surface area contributed by atoms with Crippen LogP contribution in [0, 0.1) is 0 Å². The van der Waals surface area contributed by atoms with Gasteiger partial charge in [0.25, 0.3) is 0 Å². The van der Waals surface area contributed by atoms with Crippen LogP contribution >= 0.6 is 11.3 Å². The summed E-state index contributed by atoms with van der Waals surface area (Å²) < 4.78 is 10.2. The SMILES string of the molecule is COCCNCc1sc(C(C)C)nc1COC. The first-order valence-corrected chi connectivity index (χ1v) is 6.67. The normalized spacial score (nSPS) is 11.4. The number of hydrogen-bond acceptors (Lipinski definition) is 5. The van der Waals surface area contributed by atoms with Crippen molar-refractivity contribution in [2.24, 2.45) is 0 Å². The van der Waals surface area contributed by atoms with Crippen LogP contribution in [0.1, 0.15) is 35.3 Å². The maximum atomic E-state index is 5.18. The van der Waals surface area contributed by atoms with Crippen molar-refractivity contribution in [3.05, 3.63) is 15.6 Å². The number of thiazole rings is 1. The predicted octanol–water partition coefficient (Wildman–Crippen LogP) is 2.15. The second kappa shape index (κ2) is 7.76. The second-order valence-corrected chi connectivity index (χ2v) is 5.29. The van der Waals surface area contributed by atoms with Crippen LogP contribution in [0.4, 0.5) is 0 Å². The molecule has 0 aliphatic rings. The molecule has 0 aliphatic heterocycles. The molecule has 0 atom stereocenters. The average Bonchev–Trinajstić information content (AvgIpc) is 2.69. The molecule has 1 heterocycles. The van der Waals surface area contributed by atoms with Gasteiger partial charge in [0.05, 0.1) is 23.9 Å². The molecule has 4 nitrogen and oxygen atoms in total. The van der Waals surface area contributed by atoms with Gasteiger partial charge in [-0.2, -0.15) is 0 Å². The monoisotopic (exact) mass is 258 g/mol. The molecule has 0 amide bonds. The minimum atomic E-state index is 0.475. The maximum Gasteiger partial charge on any atom is 0.0958 e. The summed E-state index contributed by atoms with van der Waals surface area (Å²) in [4.78, 5) is 5.89. The molecule has 98 valence electrons. The highest BCUT2D eigenvalue weighted by molar-refractivity contribution is 7.11. The molecule has 0 saturated heterocycles. The summed E-state index contributed by atoms with van der Waals surface area (Å²) in [5.74, 6) is 0.475. The van der Waals surface area contributed by atoms with Crippen LogP contribution < -0.4 is 5.32 Å². The van der Waals surface area contributed by atoms with Gasteiger partial charge in [0.2, 0.25) is 0 Å². The molecular formula is C12H22N2O2S. The second-order valence-electron chi connectivity index (χ2n) is 4.18. The van der Waals surface area contributed by atoms with Crippen molar-refractivity contribution >= 4 is 11.3 Å². The standard InChI is InChI=1S/C12H22N2O2S/c1-9(2)12-14-10(8-16-4)11(17-12)7-13-5-6-15-3/h9,13H,5-8H2,1-4H3. The molecule has 0 aromatic carbocycles. The Balaban J connectivity index is 2.60. The molecule has 0 fully saturated rings. The molecule has 0 saturated carbocycles. The van der Waals surface area contributed by atoms with E-state index in [1.54, 1.807) is 25.6 Å². The summed E-state index contributed by atoms with van der Waals surface area (Å²) in [6.07, 6.45) is 0. The summed E-state index contributed by atoms with van der Waals surface area (Å²) in [6.45, 7) is 7.35. The van der Waals surface area contributed by atoms with Gasteiger partial charge in [-0.15, -0.1) is 11.3 Å². The van der Waals surface area contributed by atoms with E-state index >= 15 is 0 Å². The molecule has 0 aliphatic carbocycles. The van der Waals surface area contributed by atoms with Crippen LogP contribution in [0.15, 0.2) is 0 Å². The van der Waals surface area contributed by atoms with Crippen molar-refractivity contribution in [1.29, 1.82) is 0 Å². The van der Waals surface area contributed by atoms with Crippen molar-refractivity contribution in [1.82, 2.24) is 10.3 Å². The molecule has 5 heteroatoms. The van der Waals surface area contributed by atoms with Gasteiger partial charge < -0.3 is 14.8 Å². The number of methoxy groups -OCH3 is 2. The highest BCUT2D eigenvalue weighted by atomic mass is 32.1. The van der Waals surface area contributed by atoms with E-state index in [1.165, 1.54) is 9.88 Å². The molecule has 1 aromatic heterocycles. The van der Waals surface area contributed by atoms with Gasteiger partial charge in [-0.1, -0.05) is 13.8 Å². The number of hydrogen-bond donors (Lipinski definition) is 1. The quantitative estimate of drug-likeness (QED) is 0.726. The van der Waals surface area contributed by atoms with E-state index in [0.717, 1.165) is 25.4 Å². The fourth-order valence-electron chi connectivity index (χ4n) is 1.41. The molecule has 0 bridgehead atoms. The van der Waals surface area contributed by atoms with E-state index in [0.29, 0.717) is 12.5 Å². The fourth-order valence-corrected chi connectivity index (χ4v) is 2.45. The van der Waals surface area contributed by atoms with Gasteiger partial charge >= 0.3 is 0 Å². The lowest BCUT2D eigenvalue weighted by molar-refractivity contribution is 0.180. The van der Waals surface area contributed by atoms with E-state index in [4.69, 9.17) is 9.47 Å². The molecule has 0 unspecified atom stereocenters. The van der Waals surface area contributed by atoms with Gasteiger partial charge in [-0.05, 0) is 0 Å². The first-order chi connectivity index (χ1) is 8.19.